The van der Waals surface area contributed by atoms with E-state index in [0.717, 1.165) is 61.7 Å². The molecular formula is C31H46F3N3O6. The van der Waals surface area contributed by atoms with Gasteiger partial charge in [-0.05, 0) is 57.5 Å². The van der Waals surface area contributed by atoms with Crippen molar-refractivity contribution in [3.63, 3.8) is 0 Å². The molecule has 0 spiro atoms. The van der Waals surface area contributed by atoms with Crippen LogP contribution >= 0.6 is 0 Å². The lowest BCUT2D eigenvalue weighted by molar-refractivity contribution is -0.136. The number of aryl methyl sites for hydroxylation is 2. The van der Waals surface area contributed by atoms with E-state index < -0.39 is 48.3 Å². The molecular weight excluding hydrogens is 567 g/mol. The minimum Gasteiger partial charge on any atom is -0.394 e. The Morgan fingerprint density at radius 3 is 2.14 bits per heavy atom. The first-order valence-corrected chi connectivity index (χ1v) is 15.1. The van der Waals surface area contributed by atoms with E-state index in [9.17, 15) is 38.4 Å². The van der Waals surface area contributed by atoms with E-state index in [1.807, 2.05) is 18.7 Å². The van der Waals surface area contributed by atoms with Gasteiger partial charge < -0.3 is 40.0 Å². The molecule has 3 aromatic rings. The van der Waals surface area contributed by atoms with Gasteiger partial charge in [-0.25, -0.2) is 0 Å². The number of benzene rings is 1. The molecule has 0 fully saturated rings. The normalized spacial score (nSPS) is 15.4. The van der Waals surface area contributed by atoms with Crippen LogP contribution in [0.15, 0.2) is 23.0 Å². The zero-order chi connectivity index (χ0) is 31.9. The summed E-state index contributed by atoms with van der Waals surface area (Å²) < 4.78 is 43.9. The van der Waals surface area contributed by atoms with Crippen LogP contribution in [0.3, 0.4) is 0 Å². The number of rotatable bonds is 17. The van der Waals surface area contributed by atoms with E-state index in [4.69, 9.17) is 5.11 Å². The Balaban J connectivity index is 1.48. The highest BCUT2D eigenvalue weighted by atomic mass is 19.4. The van der Waals surface area contributed by atoms with Crippen molar-refractivity contribution in [1.82, 2.24) is 14.5 Å². The van der Waals surface area contributed by atoms with E-state index in [1.165, 1.54) is 0 Å². The minimum absolute atomic E-state index is 0.0463. The second-order valence-corrected chi connectivity index (χ2v) is 11.5. The first kappa shape index (κ1) is 35.0. The predicted octanol–water partition coefficient (Wildman–Crippen LogP) is 3.47. The Labute approximate surface area is 249 Å². The van der Waals surface area contributed by atoms with Crippen molar-refractivity contribution < 1.29 is 38.7 Å². The molecule has 3 rings (SSSR count). The Morgan fingerprint density at radius 2 is 1.53 bits per heavy atom. The third-order valence-electron chi connectivity index (χ3n) is 8.30. The molecule has 0 radical (unpaired) electrons. The Bertz CT molecular complexity index is 1390. The number of aromatic amines is 1. The number of nitrogens with one attached hydrogen (secondary N) is 1. The number of hydrogen-bond donors (Lipinski definition) is 6. The molecule has 4 atom stereocenters. The van der Waals surface area contributed by atoms with Gasteiger partial charge in [0.1, 0.15) is 18.3 Å². The number of fused-ring (bicyclic) bond motifs is 3. The quantitative estimate of drug-likeness (QED) is 0.128. The third-order valence-corrected chi connectivity index (χ3v) is 8.30. The number of nitrogens with zero attached hydrogens (tertiary/aromatic N) is 2. The average Bonchev–Trinajstić information content (AvgIpc) is 3.24. The number of likely N-dealkylation sites (N-methyl/N-ethyl adjacent to an activating group) is 1. The molecule has 43 heavy (non-hydrogen) atoms. The monoisotopic (exact) mass is 613 g/mol. The number of aliphatic hydroxyl groups excluding tert-OH is 5. The van der Waals surface area contributed by atoms with Gasteiger partial charge in [0.2, 0.25) is 5.56 Å². The number of H-pyrrole nitrogens is 1. The van der Waals surface area contributed by atoms with Crippen LogP contribution in [0.2, 0.25) is 0 Å². The number of hydrogen-bond acceptors (Lipinski definition) is 7. The summed E-state index contributed by atoms with van der Waals surface area (Å²) in [4.78, 5) is 16.3. The summed E-state index contributed by atoms with van der Waals surface area (Å²) in [5.41, 5.74) is 1.07. The molecule has 242 valence electrons. The summed E-state index contributed by atoms with van der Waals surface area (Å²) in [6.45, 7) is 4.66. The van der Waals surface area contributed by atoms with Crippen molar-refractivity contribution in [2.45, 2.75) is 102 Å². The van der Waals surface area contributed by atoms with Crippen molar-refractivity contribution >= 4 is 21.8 Å². The fraction of sp³-hybridized carbons (Fsp3) is 0.645. The molecule has 2 aromatic heterocycles. The summed E-state index contributed by atoms with van der Waals surface area (Å²) in [7, 11) is 1.80. The standard InChI is InChI=1S/C31H46F3N3O6/c1-4-22-19(2)27-23(13-12-21-28(27)20(31(32,33)34)16-26(41)35-21)37(22)15-11-9-7-5-6-8-10-14-36(3)17-24(39)29(42)30(43)25(40)18-38/h12-13,16,24-25,29-30,38-40,42-43H,4-11,14-15,17-18H2,1-3H3,(H,35,41)/t24-,25-,29-,30-/m1/s1. The second-order valence-electron chi connectivity index (χ2n) is 11.5. The van der Waals surface area contributed by atoms with Crippen molar-refractivity contribution in [3.8, 4) is 0 Å². The van der Waals surface area contributed by atoms with Crippen LogP contribution in [0.1, 0.15) is 68.7 Å². The zero-order valence-corrected chi connectivity index (χ0v) is 25.2. The second kappa shape index (κ2) is 15.5. The van der Waals surface area contributed by atoms with E-state index in [1.54, 1.807) is 19.2 Å². The summed E-state index contributed by atoms with van der Waals surface area (Å²) in [6, 6.07) is 4.01. The Morgan fingerprint density at radius 1 is 0.930 bits per heavy atom. The summed E-state index contributed by atoms with van der Waals surface area (Å²) in [5.74, 6) is 0. The molecule has 0 aliphatic carbocycles. The molecule has 0 bridgehead atoms. The number of halogens is 3. The predicted molar refractivity (Wildman–Crippen MR) is 160 cm³/mol. The molecule has 2 heterocycles. The van der Waals surface area contributed by atoms with Crippen LogP contribution in [-0.2, 0) is 19.1 Å². The maximum absolute atomic E-state index is 13.9. The van der Waals surface area contributed by atoms with Crippen molar-refractivity contribution in [3.05, 3.63) is 45.4 Å². The highest BCUT2D eigenvalue weighted by Gasteiger charge is 2.35. The highest BCUT2D eigenvalue weighted by molar-refractivity contribution is 6.09. The topological polar surface area (TPSA) is 142 Å². The van der Waals surface area contributed by atoms with E-state index in [0.29, 0.717) is 31.0 Å². The molecule has 0 saturated heterocycles. The number of pyridine rings is 1. The van der Waals surface area contributed by atoms with E-state index in [-0.39, 0.29) is 17.4 Å². The minimum atomic E-state index is -4.64. The van der Waals surface area contributed by atoms with Gasteiger partial charge in [0, 0.05) is 46.7 Å². The summed E-state index contributed by atoms with van der Waals surface area (Å²) in [5, 5.41) is 48.7. The number of aromatic nitrogens is 2. The lowest BCUT2D eigenvalue weighted by Gasteiger charge is -2.28. The molecule has 0 saturated carbocycles. The molecule has 0 amide bonds. The Kier molecular flexibility index (Phi) is 12.6. The fourth-order valence-electron chi connectivity index (χ4n) is 6.00. The molecule has 6 N–H and O–H groups in total. The SMILES string of the molecule is CCc1c(C)c2c3c(C(F)(F)F)cc(=O)[nH]c3ccc2n1CCCCCCCCCN(C)C[C@@H](O)[C@@H](O)[C@H](O)[C@H](O)CO. The van der Waals surface area contributed by atoms with Crippen molar-refractivity contribution in [2.24, 2.45) is 0 Å². The van der Waals surface area contributed by atoms with Gasteiger partial charge in [-0.1, -0.05) is 39.0 Å². The van der Waals surface area contributed by atoms with Gasteiger partial charge in [-0.3, -0.25) is 4.79 Å². The first-order valence-electron chi connectivity index (χ1n) is 15.1. The smallest absolute Gasteiger partial charge is 0.394 e. The average molecular weight is 614 g/mol. The van der Waals surface area contributed by atoms with Gasteiger partial charge in [0.05, 0.1) is 18.3 Å². The van der Waals surface area contributed by atoms with Gasteiger partial charge in [-0.2, -0.15) is 13.2 Å². The van der Waals surface area contributed by atoms with E-state index in [2.05, 4.69) is 9.55 Å². The molecule has 9 nitrogen and oxygen atoms in total. The zero-order valence-electron chi connectivity index (χ0n) is 25.2. The van der Waals surface area contributed by atoms with Crippen LogP contribution in [0, 0.1) is 6.92 Å². The Hall–Kier alpha value is -2.48. The number of alkyl halides is 3. The van der Waals surface area contributed by atoms with Gasteiger partial charge >= 0.3 is 6.18 Å². The van der Waals surface area contributed by atoms with Gasteiger partial charge in [-0.15, -0.1) is 0 Å². The molecule has 0 aliphatic heterocycles. The maximum atomic E-state index is 13.9. The maximum Gasteiger partial charge on any atom is 0.417 e. The first-order chi connectivity index (χ1) is 20.3. The van der Waals surface area contributed by atoms with Crippen molar-refractivity contribution in [1.29, 1.82) is 0 Å². The molecule has 1 aromatic carbocycles. The largest absolute Gasteiger partial charge is 0.417 e. The molecule has 0 unspecified atom stereocenters. The van der Waals surface area contributed by atoms with Crippen molar-refractivity contribution in [2.75, 3.05) is 26.7 Å². The fourth-order valence-corrected chi connectivity index (χ4v) is 6.00. The number of aliphatic hydroxyl groups is 5. The number of unbranched alkanes of at least 4 members (excludes halogenated alkanes) is 6. The lowest BCUT2D eigenvalue weighted by Crippen LogP contribution is -2.49. The summed E-state index contributed by atoms with van der Waals surface area (Å²) >= 11 is 0. The van der Waals surface area contributed by atoms with Gasteiger partial charge in [0.25, 0.3) is 0 Å². The van der Waals surface area contributed by atoms with Crippen LogP contribution < -0.4 is 5.56 Å². The van der Waals surface area contributed by atoms with Crippen LogP contribution in [0.5, 0.6) is 0 Å². The molecule has 0 aliphatic rings. The highest BCUT2D eigenvalue weighted by Crippen LogP contribution is 2.39. The third kappa shape index (κ3) is 8.58. The summed E-state index contributed by atoms with van der Waals surface area (Å²) in [6.07, 6.45) is -3.03. The van der Waals surface area contributed by atoms with Crippen LogP contribution in [-0.4, -0.2) is 91.1 Å². The van der Waals surface area contributed by atoms with Gasteiger partial charge in [0.15, 0.2) is 0 Å². The molecule has 12 heteroatoms. The van der Waals surface area contributed by atoms with Crippen LogP contribution in [0.4, 0.5) is 13.2 Å². The lowest BCUT2D eigenvalue weighted by atomic mass is 10.0. The van der Waals surface area contributed by atoms with E-state index >= 15 is 0 Å². The van der Waals surface area contributed by atoms with Crippen LogP contribution in [0.25, 0.3) is 21.8 Å².